The van der Waals surface area contributed by atoms with Crippen LogP contribution in [-0.2, 0) is 20.6 Å². The number of rotatable bonds is 5. The van der Waals surface area contributed by atoms with E-state index >= 15 is 0 Å². The van der Waals surface area contributed by atoms with Crippen molar-refractivity contribution in [1.82, 2.24) is 9.80 Å². The van der Waals surface area contributed by atoms with E-state index in [0.29, 0.717) is 5.56 Å². The Labute approximate surface area is 148 Å². The number of halogens is 3. The average molecular weight is 372 g/mol. The molecule has 1 fully saturated rings. The Morgan fingerprint density at radius 3 is 2.35 bits per heavy atom. The van der Waals surface area contributed by atoms with Crippen molar-refractivity contribution in [3.63, 3.8) is 0 Å². The second-order valence-corrected chi connectivity index (χ2v) is 6.28. The fraction of sp³-hybridized carbons (Fsp3) is 0.471. The fourth-order valence-corrected chi connectivity index (χ4v) is 3.07. The van der Waals surface area contributed by atoms with E-state index in [1.807, 2.05) is 0 Å². The van der Waals surface area contributed by atoms with E-state index in [-0.39, 0.29) is 25.3 Å². The molecule has 1 aliphatic rings. The first kappa shape index (κ1) is 19.7. The van der Waals surface area contributed by atoms with Crippen LogP contribution in [0.3, 0.4) is 0 Å². The van der Waals surface area contributed by atoms with Gasteiger partial charge in [-0.15, -0.1) is 0 Å². The number of likely N-dealkylation sites (tertiary alicyclic amines) is 1. The van der Waals surface area contributed by atoms with E-state index in [9.17, 15) is 27.6 Å². The van der Waals surface area contributed by atoms with Crippen LogP contribution in [0.1, 0.15) is 30.0 Å². The van der Waals surface area contributed by atoms with Crippen molar-refractivity contribution >= 4 is 17.8 Å². The second kappa shape index (κ2) is 7.35. The maximum absolute atomic E-state index is 12.7. The number of aliphatic carboxylic acids is 1. The Balaban J connectivity index is 2.25. The molecule has 1 aromatic carbocycles. The van der Waals surface area contributed by atoms with Gasteiger partial charge in [0, 0.05) is 27.1 Å². The van der Waals surface area contributed by atoms with Crippen molar-refractivity contribution in [1.29, 1.82) is 0 Å². The summed E-state index contributed by atoms with van der Waals surface area (Å²) in [7, 11) is 2.94. The Morgan fingerprint density at radius 1 is 1.27 bits per heavy atom. The van der Waals surface area contributed by atoms with Gasteiger partial charge in [0.1, 0.15) is 0 Å². The van der Waals surface area contributed by atoms with Gasteiger partial charge in [-0.25, -0.2) is 0 Å². The molecule has 2 amide bonds. The first-order valence-electron chi connectivity index (χ1n) is 7.92. The van der Waals surface area contributed by atoms with Crippen LogP contribution in [0.4, 0.5) is 13.2 Å². The van der Waals surface area contributed by atoms with Crippen LogP contribution in [-0.4, -0.2) is 53.3 Å². The monoisotopic (exact) mass is 372 g/mol. The van der Waals surface area contributed by atoms with Gasteiger partial charge in [0.25, 0.3) is 0 Å². The molecule has 1 saturated heterocycles. The highest BCUT2D eigenvalue weighted by Crippen LogP contribution is 2.39. The number of alkyl halides is 3. The Hall–Kier alpha value is -2.58. The smallest absolute Gasteiger partial charge is 0.416 e. The zero-order chi connectivity index (χ0) is 19.6. The Bertz CT molecular complexity index is 703. The minimum absolute atomic E-state index is 0.0116. The molecule has 1 aliphatic heterocycles. The Kier molecular flexibility index (Phi) is 5.58. The molecule has 0 saturated carbocycles. The molecule has 0 bridgehead atoms. The highest BCUT2D eigenvalue weighted by Gasteiger charge is 2.44. The molecule has 0 aliphatic carbocycles. The summed E-state index contributed by atoms with van der Waals surface area (Å²) >= 11 is 0. The van der Waals surface area contributed by atoms with E-state index < -0.39 is 35.6 Å². The van der Waals surface area contributed by atoms with E-state index in [2.05, 4.69) is 0 Å². The molecule has 142 valence electrons. The summed E-state index contributed by atoms with van der Waals surface area (Å²) in [5.74, 6) is -2.53. The number of hydrogen-bond donors (Lipinski definition) is 1. The number of nitrogens with zero attached hydrogens (tertiary/aromatic N) is 2. The molecular weight excluding hydrogens is 353 g/mol. The summed E-state index contributed by atoms with van der Waals surface area (Å²) in [5.41, 5.74) is -0.383. The van der Waals surface area contributed by atoms with Gasteiger partial charge in [-0.1, -0.05) is 12.1 Å². The molecule has 6 nitrogen and oxygen atoms in total. The predicted octanol–water partition coefficient (Wildman–Crippen LogP) is 2.16. The second-order valence-electron chi connectivity index (χ2n) is 6.28. The lowest BCUT2D eigenvalue weighted by molar-refractivity contribution is -0.140. The van der Waals surface area contributed by atoms with Crippen LogP contribution in [0.25, 0.3) is 0 Å². The molecule has 26 heavy (non-hydrogen) atoms. The highest BCUT2D eigenvalue weighted by atomic mass is 19.4. The lowest BCUT2D eigenvalue weighted by Gasteiger charge is -2.28. The molecule has 1 aromatic rings. The number of hydrogen-bond acceptors (Lipinski definition) is 3. The van der Waals surface area contributed by atoms with Crippen LogP contribution in [0.2, 0.25) is 0 Å². The van der Waals surface area contributed by atoms with Crippen LogP contribution in [0, 0.1) is 5.92 Å². The number of benzene rings is 1. The maximum Gasteiger partial charge on any atom is 0.416 e. The fourth-order valence-electron chi connectivity index (χ4n) is 3.07. The molecule has 0 aromatic heterocycles. The third-order valence-corrected chi connectivity index (χ3v) is 4.52. The van der Waals surface area contributed by atoms with Crippen LogP contribution < -0.4 is 0 Å². The van der Waals surface area contributed by atoms with Gasteiger partial charge in [0.15, 0.2) is 0 Å². The summed E-state index contributed by atoms with van der Waals surface area (Å²) < 4.78 is 38.2. The molecule has 0 radical (unpaired) electrons. The summed E-state index contributed by atoms with van der Waals surface area (Å²) in [4.78, 5) is 37.9. The maximum atomic E-state index is 12.7. The molecule has 9 heteroatoms. The summed E-state index contributed by atoms with van der Waals surface area (Å²) in [5, 5.41) is 8.72. The van der Waals surface area contributed by atoms with Crippen molar-refractivity contribution in [2.45, 2.75) is 25.1 Å². The molecule has 0 unspecified atom stereocenters. The lowest BCUT2D eigenvalue weighted by atomic mass is 9.92. The van der Waals surface area contributed by atoms with E-state index in [0.717, 1.165) is 12.1 Å². The third-order valence-electron chi connectivity index (χ3n) is 4.52. The first-order chi connectivity index (χ1) is 12.0. The third kappa shape index (κ3) is 4.14. The lowest BCUT2D eigenvalue weighted by Crippen LogP contribution is -2.37. The largest absolute Gasteiger partial charge is 0.481 e. The quantitative estimate of drug-likeness (QED) is 0.859. The number of amides is 2. The molecule has 2 atom stereocenters. The van der Waals surface area contributed by atoms with Crippen LogP contribution in [0.15, 0.2) is 24.3 Å². The molecule has 1 heterocycles. The van der Waals surface area contributed by atoms with Crippen LogP contribution >= 0.6 is 0 Å². The normalized spacial score (nSPS) is 20.3. The molecule has 2 rings (SSSR count). The van der Waals surface area contributed by atoms with E-state index in [4.69, 9.17) is 5.11 Å². The number of carbonyl (C=O) groups is 3. The van der Waals surface area contributed by atoms with E-state index in [1.165, 1.54) is 36.0 Å². The predicted molar refractivity (Wildman–Crippen MR) is 85.0 cm³/mol. The minimum atomic E-state index is -4.47. The average Bonchev–Trinajstić information content (AvgIpc) is 2.86. The van der Waals surface area contributed by atoms with Crippen molar-refractivity contribution in [2.75, 3.05) is 20.6 Å². The summed E-state index contributed by atoms with van der Waals surface area (Å²) in [6, 6.07) is 3.67. The summed E-state index contributed by atoms with van der Waals surface area (Å²) in [6.07, 6.45) is -4.77. The zero-order valence-electron chi connectivity index (χ0n) is 14.3. The van der Waals surface area contributed by atoms with Gasteiger partial charge in [0.05, 0.1) is 23.9 Å². The number of carboxylic acid groups (broad SMARTS) is 1. The van der Waals surface area contributed by atoms with Crippen molar-refractivity contribution in [2.24, 2.45) is 5.92 Å². The van der Waals surface area contributed by atoms with Gasteiger partial charge < -0.3 is 14.9 Å². The SMILES string of the molecule is CN(CCC(=O)O)C(=O)[C@@H]1CC(=O)N(C)[C@H]1c1ccc(C(F)(F)F)cc1. The van der Waals surface area contributed by atoms with Crippen molar-refractivity contribution in [3.05, 3.63) is 35.4 Å². The standard InChI is InChI=1S/C17H19F3N2O4/c1-21(8-7-14(24)25)16(26)12-9-13(23)22(2)15(12)10-3-5-11(6-4-10)17(18,19)20/h3-6,12,15H,7-9H2,1-2H3,(H,24,25)/t12-,15+/m1/s1. The molecular formula is C17H19F3N2O4. The minimum Gasteiger partial charge on any atom is -0.481 e. The molecule has 1 N–H and O–H groups in total. The van der Waals surface area contributed by atoms with Gasteiger partial charge in [0.2, 0.25) is 11.8 Å². The van der Waals surface area contributed by atoms with E-state index in [1.54, 1.807) is 0 Å². The van der Waals surface area contributed by atoms with Crippen LogP contribution in [0.5, 0.6) is 0 Å². The number of carboxylic acids is 1. The first-order valence-corrected chi connectivity index (χ1v) is 7.92. The zero-order valence-corrected chi connectivity index (χ0v) is 14.3. The van der Waals surface area contributed by atoms with Gasteiger partial charge in [-0.05, 0) is 17.7 Å². The van der Waals surface area contributed by atoms with Crippen molar-refractivity contribution in [3.8, 4) is 0 Å². The highest BCUT2D eigenvalue weighted by molar-refractivity contribution is 5.90. The topological polar surface area (TPSA) is 77.9 Å². The summed E-state index contributed by atoms with van der Waals surface area (Å²) in [6.45, 7) is -0.0116. The van der Waals surface area contributed by atoms with Gasteiger partial charge in [-0.2, -0.15) is 13.2 Å². The number of carbonyl (C=O) groups excluding carboxylic acids is 2. The molecule has 0 spiro atoms. The van der Waals surface area contributed by atoms with Gasteiger partial charge >= 0.3 is 12.1 Å². The Morgan fingerprint density at radius 2 is 1.85 bits per heavy atom. The van der Waals surface area contributed by atoms with Gasteiger partial charge in [-0.3, -0.25) is 14.4 Å². The van der Waals surface area contributed by atoms with Crippen molar-refractivity contribution < 1.29 is 32.7 Å².